The number of hydrogen-bond acceptors (Lipinski definition) is 6. The minimum atomic E-state index is -1.27. The Hall–Kier alpha value is -0.240. The first-order valence-corrected chi connectivity index (χ1v) is 3.73. The summed E-state index contributed by atoms with van der Waals surface area (Å²) in [6.07, 6.45) is -4.34. The summed E-state index contributed by atoms with van der Waals surface area (Å²) in [5.74, 6) is 0. The Kier molecular flexibility index (Phi) is 2.99. The molecule has 1 aliphatic heterocycles. The van der Waals surface area contributed by atoms with E-state index < -0.39 is 30.6 Å². The van der Waals surface area contributed by atoms with Crippen molar-refractivity contribution >= 4 is 0 Å². The van der Waals surface area contributed by atoms with Crippen LogP contribution in [0, 0.1) is 0 Å². The van der Waals surface area contributed by atoms with Crippen molar-refractivity contribution < 1.29 is 20.1 Å². The average Bonchev–Trinajstić information content (AvgIpc) is 2.08. The van der Waals surface area contributed by atoms with Crippen molar-refractivity contribution in [1.29, 1.82) is 0 Å². The maximum atomic E-state index is 9.28. The molecule has 0 radical (unpaired) electrons. The molecule has 0 unspecified atom stereocenters. The highest BCUT2D eigenvalue weighted by Crippen LogP contribution is 2.17. The molecule has 0 aromatic heterocycles. The molecule has 0 aromatic rings. The SMILES string of the molecule is NC[C@H]1O[C@@H](O)[C@@H](N)[C@@H](O)[C@@H]1O. The van der Waals surface area contributed by atoms with Crippen LogP contribution in [0.15, 0.2) is 0 Å². The van der Waals surface area contributed by atoms with Gasteiger partial charge in [0, 0.05) is 6.54 Å². The predicted molar refractivity (Wildman–Crippen MR) is 39.9 cm³/mol. The highest BCUT2D eigenvalue weighted by molar-refractivity contribution is 4.91. The summed E-state index contributed by atoms with van der Waals surface area (Å²) in [4.78, 5) is 0. The van der Waals surface area contributed by atoms with Crippen molar-refractivity contribution in [2.45, 2.75) is 30.6 Å². The fourth-order valence-electron chi connectivity index (χ4n) is 1.16. The molecule has 12 heavy (non-hydrogen) atoms. The lowest BCUT2D eigenvalue weighted by molar-refractivity contribution is -0.238. The lowest BCUT2D eigenvalue weighted by Crippen LogP contribution is -2.62. The van der Waals surface area contributed by atoms with Gasteiger partial charge in [-0.1, -0.05) is 0 Å². The first-order valence-electron chi connectivity index (χ1n) is 3.73. The molecule has 0 spiro atoms. The highest BCUT2D eigenvalue weighted by atomic mass is 16.6. The largest absolute Gasteiger partial charge is 0.388 e. The molecule has 5 atom stereocenters. The number of aliphatic hydroxyl groups excluding tert-OH is 3. The van der Waals surface area contributed by atoms with E-state index in [4.69, 9.17) is 21.3 Å². The normalized spacial score (nSPS) is 49.2. The quantitative estimate of drug-likeness (QED) is 0.287. The second-order valence-corrected chi connectivity index (χ2v) is 2.86. The number of ether oxygens (including phenoxy) is 1. The van der Waals surface area contributed by atoms with E-state index in [1.165, 1.54) is 0 Å². The summed E-state index contributed by atoms with van der Waals surface area (Å²) in [6, 6.07) is -0.984. The van der Waals surface area contributed by atoms with E-state index in [2.05, 4.69) is 0 Å². The molecule has 1 fully saturated rings. The third-order valence-electron chi connectivity index (χ3n) is 2.00. The molecule has 6 heteroatoms. The third-order valence-corrected chi connectivity index (χ3v) is 2.00. The summed E-state index contributed by atoms with van der Waals surface area (Å²) < 4.78 is 4.83. The van der Waals surface area contributed by atoms with E-state index in [1.807, 2.05) is 0 Å². The molecule has 1 aliphatic rings. The maximum Gasteiger partial charge on any atom is 0.172 e. The van der Waals surface area contributed by atoms with Crippen LogP contribution in [0.5, 0.6) is 0 Å². The second kappa shape index (κ2) is 3.65. The Morgan fingerprint density at radius 2 is 1.75 bits per heavy atom. The first-order chi connectivity index (χ1) is 5.57. The van der Waals surface area contributed by atoms with Crippen LogP contribution in [0.1, 0.15) is 0 Å². The third kappa shape index (κ3) is 1.58. The second-order valence-electron chi connectivity index (χ2n) is 2.86. The van der Waals surface area contributed by atoms with Gasteiger partial charge in [-0.3, -0.25) is 0 Å². The van der Waals surface area contributed by atoms with E-state index in [0.29, 0.717) is 0 Å². The van der Waals surface area contributed by atoms with Crippen molar-refractivity contribution in [2.75, 3.05) is 6.54 Å². The summed E-state index contributed by atoms with van der Waals surface area (Å²) in [7, 11) is 0. The van der Waals surface area contributed by atoms with Crippen molar-refractivity contribution in [3.8, 4) is 0 Å². The van der Waals surface area contributed by atoms with Gasteiger partial charge in [-0.2, -0.15) is 0 Å². The lowest BCUT2D eigenvalue weighted by atomic mass is 9.98. The van der Waals surface area contributed by atoms with Gasteiger partial charge in [-0.15, -0.1) is 0 Å². The minimum absolute atomic E-state index is 0.0298. The fourth-order valence-corrected chi connectivity index (χ4v) is 1.16. The van der Waals surface area contributed by atoms with Crippen LogP contribution in [0.4, 0.5) is 0 Å². The summed E-state index contributed by atoms with van der Waals surface area (Å²) >= 11 is 0. The van der Waals surface area contributed by atoms with E-state index in [0.717, 1.165) is 0 Å². The molecule has 0 saturated carbocycles. The first kappa shape index (κ1) is 9.85. The summed E-state index contributed by atoms with van der Waals surface area (Å²) in [6.45, 7) is 0.0298. The molecular weight excluding hydrogens is 164 g/mol. The number of rotatable bonds is 1. The minimum Gasteiger partial charge on any atom is -0.388 e. The fraction of sp³-hybridized carbons (Fsp3) is 1.00. The topological polar surface area (TPSA) is 122 Å². The van der Waals surface area contributed by atoms with Crippen LogP contribution in [-0.4, -0.2) is 52.5 Å². The Bertz CT molecular complexity index is 152. The molecule has 7 N–H and O–H groups in total. The van der Waals surface area contributed by atoms with Gasteiger partial charge < -0.3 is 31.5 Å². The van der Waals surface area contributed by atoms with Gasteiger partial charge in [0.25, 0.3) is 0 Å². The molecule has 6 nitrogen and oxygen atoms in total. The molecule has 72 valence electrons. The molecular formula is C6H14N2O4. The monoisotopic (exact) mass is 178 g/mol. The Balaban J connectivity index is 2.63. The van der Waals surface area contributed by atoms with Crippen LogP contribution in [0.25, 0.3) is 0 Å². The smallest absolute Gasteiger partial charge is 0.172 e. The van der Waals surface area contributed by atoms with E-state index in [1.54, 1.807) is 0 Å². The van der Waals surface area contributed by atoms with Crippen LogP contribution in [0.2, 0.25) is 0 Å². The average molecular weight is 178 g/mol. The van der Waals surface area contributed by atoms with Crippen LogP contribution >= 0.6 is 0 Å². The Morgan fingerprint density at radius 1 is 1.17 bits per heavy atom. The standard InChI is InChI=1S/C6H14N2O4/c7-1-2-4(9)5(10)3(8)6(11)12-2/h2-6,9-11H,1,7-8H2/t2-,3+,4-,5-,6-/m1/s1. The number of aliphatic hydroxyl groups is 3. The maximum absolute atomic E-state index is 9.28. The van der Waals surface area contributed by atoms with Crippen LogP contribution < -0.4 is 11.5 Å². The number of hydrogen-bond donors (Lipinski definition) is 5. The van der Waals surface area contributed by atoms with Crippen molar-refractivity contribution in [1.82, 2.24) is 0 Å². The van der Waals surface area contributed by atoms with Gasteiger partial charge in [0.05, 0.1) is 6.04 Å². The van der Waals surface area contributed by atoms with Gasteiger partial charge in [-0.25, -0.2) is 0 Å². The van der Waals surface area contributed by atoms with Crippen molar-refractivity contribution in [3.05, 3.63) is 0 Å². The molecule has 1 heterocycles. The molecule has 0 amide bonds. The van der Waals surface area contributed by atoms with Gasteiger partial charge >= 0.3 is 0 Å². The zero-order valence-corrected chi connectivity index (χ0v) is 6.50. The Morgan fingerprint density at radius 3 is 2.25 bits per heavy atom. The van der Waals surface area contributed by atoms with Crippen molar-refractivity contribution in [2.24, 2.45) is 11.5 Å². The zero-order chi connectivity index (χ0) is 9.30. The molecule has 1 saturated heterocycles. The van der Waals surface area contributed by atoms with E-state index in [-0.39, 0.29) is 6.54 Å². The van der Waals surface area contributed by atoms with Crippen molar-refractivity contribution in [3.63, 3.8) is 0 Å². The Labute approximate surface area is 69.7 Å². The highest BCUT2D eigenvalue weighted by Gasteiger charge is 2.41. The van der Waals surface area contributed by atoms with Gasteiger partial charge in [0.1, 0.15) is 18.3 Å². The van der Waals surface area contributed by atoms with Crippen LogP contribution in [0.3, 0.4) is 0 Å². The molecule has 0 bridgehead atoms. The van der Waals surface area contributed by atoms with Gasteiger partial charge in [0.2, 0.25) is 0 Å². The lowest BCUT2D eigenvalue weighted by Gasteiger charge is -2.38. The zero-order valence-electron chi connectivity index (χ0n) is 6.50. The van der Waals surface area contributed by atoms with Gasteiger partial charge in [0.15, 0.2) is 6.29 Å². The molecule has 0 aromatic carbocycles. The summed E-state index contributed by atoms with van der Waals surface area (Å²) in [5, 5.41) is 27.6. The van der Waals surface area contributed by atoms with E-state index in [9.17, 15) is 10.2 Å². The van der Waals surface area contributed by atoms with E-state index >= 15 is 0 Å². The predicted octanol–water partition coefficient (Wildman–Crippen LogP) is -3.29. The molecule has 1 rings (SSSR count). The summed E-state index contributed by atoms with van der Waals surface area (Å²) in [5.41, 5.74) is 10.5. The number of nitrogens with two attached hydrogens (primary N) is 2. The molecule has 0 aliphatic carbocycles. The van der Waals surface area contributed by atoms with Gasteiger partial charge in [-0.05, 0) is 0 Å². The van der Waals surface area contributed by atoms with Crippen LogP contribution in [-0.2, 0) is 4.74 Å².